The van der Waals surface area contributed by atoms with Crippen molar-refractivity contribution in [1.82, 2.24) is 0 Å². The summed E-state index contributed by atoms with van der Waals surface area (Å²) in [6.07, 6.45) is 3.01. The van der Waals surface area contributed by atoms with Crippen molar-refractivity contribution in [3.63, 3.8) is 0 Å². The van der Waals surface area contributed by atoms with Crippen LogP contribution in [0, 0.1) is 0 Å². The van der Waals surface area contributed by atoms with Gasteiger partial charge in [-0.15, -0.1) is 11.6 Å². The molecule has 72 valence electrons. The third kappa shape index (κ3) is 6.74. The van der Waals surface area contributed by atoms with E-state index in [0.717, 1.165) is 12.8 Å². The first kappa shape index (κ1) is 12.0. The number of ether oxygens (including phenoxy) is 1. The molecule has 0 spiro atoms. The number of carbonyl (C=O) groups is 1. The van der Waals surface area contributed by atoms with Crippen molar-refractivity contribution in [2.75, 3.05) is 6.07 Å². The van der Waals surface area contributed by atoms with E-state index in [2.05, 4.69) is 11.7 Å². The van der Waals surface area contributed by atoms with Crippen molar-refractivity contribution < 1.29 is 9.53 Å². The van der Waals surface area contributed by atoms with Crippen LogP contribution in [0.3, 0.4) is 0 Å². The molecule has 12 heavy (non-hydrogen) atoms. The molecule has 1 atom stereocenters. The van der Waals surface area contributed by atoms with E-state index in [1.54, 1.807) is 0 Å². The van der Waals surface area contributed by atoms with Crippen molar-refractivity contribution in [2.45, 2.75) is 38.0 Å². The van der Waals surface area contributed by atoms with E-state index >= 15 is 0 Å². The smallest absolute Gasteiger partial charge is 0.307 e. The van der Waals surface area contributed by atoms with Crippen LogP contribution in [0.15, 0.2) is 0 Å². The number of hydrogen-bond acceptors (Lipinski definition) is 2. The third-order valence-corrected chi connectivity index (χ3v) is 2.02. The van der Waals surface area contributed by atoms with E-state index in [-0.39, 0.29) is 17.4 Å². The van der Waals surface area contributed by atoms with Crippen LogP contribution in [-0.4, -0.2) is 17.4 Å². The molecular formula is C8H14Cl2O2. The lowest BCUT2D eigenvalue weighted by atomic mass is 10.1. The lowest BCUT2D eigenvalue weighted by Crippen LogP contribution is -2.07. The molecule has 0 saturated carbocycles. The lowest BCUT2D eigenvalue weighted by molar-refractivity contribution is -0.141. The Hall–Kier alpha value is 0.0500. The Balaban J connectivity index is 3.33. The van der Waals surface area contributed by atoms with Crippen LogP contribution in [0.1, 0.15) is 32.6 Å². The van der Waals surface area contributed by atoms with Gasteiger partial charge in [0, 0.05) is 11.8 Å². The van der Waals surface area contributed by atoms with Gasteiger partial charge in [0.25, 0.3) is 0 Å². The maximum Gasteiger partial charge on any atom is 0.307 e. The first-order chi connectivity index (χ1) is 5.70. The largest absolute Gasteiger partial charge is 0.449 e. The molecule has 0 amide bonds. The van der Waals surface area contributed by atoms with Gasteiger partial charge in [-0.3, -0.25) is 4.79 Å². The van der Waals surface area contributed by atoms with Gasteiger partial charge in [-0.2, -0.15) is 0 Å². The number of halogens is 2. The molecule has 0 bridgehead atoms. The van der Waals surface area contributed by atoms with Crippen LogP contribution in [-0.2, 0) is 9.53 Å². The maximum atomic E-state index is 10.8. The summed E-state index contributed by atoms with van der Waals surface area (Å²) in [5.41, 5.74) is 0. The van der Waals surface area contributed by atoms with Crippen molar-refractivity contribution in [2.24, 2.45) is 0 Å². The molecule has 0 heterocycles. The van der Waals surface area contributed by atoms with Gasteiger partial charge >= 0.3 is 5.97 Å². The van der Waals surface area contributed by atoms with Crippen molar-refractivity contribution in [3.05, 3.63) is 0 Å². The minimum Gasteiger partial charge on any atom is -0.449 e. The number of alkyl halides is 2. The third-order valence-electron chi connectivity index (χ3n) is 1.48. The lowest BCUT2D eigenvalue weighted by Gasteiger charge is -2.06. The zero-order chi connectivity index (χ0) is 9.40. The Labute approximate surface area is 83.2 Å². The van der Waals surface area contributed by atoms with E-state index in [4.69, 9.17) is 23.2 Å². The van der Waals surface area contributed by atoms with E-state index in [1.807, 2.05) is 0 Å². The predicted octanol–water partition coefficient (Wildman–Crippen LogP) is 2.91. The highest BCUT2D eigenvalue weighted by Crippen LogP contribution is 2.12. The quantitative estimate of drug-likeness (QED) is 0.500. The summed E-state index contributed by atoms with van der Waals surface area (Å²) in [4.78, 5) is 10.8. The van der Waals surface area contributed by atoms with Crippen LogP contribution in [0.2, 0.25) is 0 Å². The Kier molecular flexibility index (Phi) is 7.72. The molecule has 0 aliphatic heterocycles. The van der Waals surface area contributed by atoms with E-state index in [0.29, 0.717) is 12.8 Å². The van der Waals surface area contributed by atoms with E-state index in [9.17, 15) is 4.79 Å². The predicted molar refractivity (Wildman–Crippen MR) is 50.6 cm³/mol. The van der Waals surface area contributed by atoms with Crippen LogP contribution in [0.5, 0.6) is 0 Å². The maximum absolute atomic E-state index is 10.8. The van der Waals surface area contributed by atoms with E-state index in [1.165, 1.54) is 0 Å². The normalized spacial score (nSPS) is 12.6. The summed E-state index contributed by atoms with van der Waals surface area (Å²) < 4.78 is 4.54. The zero-order valence-electron chi connectivity index (χ0n) is 7.19. The molecule has 4 heteroatoms. The molecule has 1 unspecified atom stereocenters. The Bertz CT molecular complexity index is 128. The monoisotopic (exact) mass is 212 g/mol. The minimum atomic E-state index is -0.272. The van der Waals surface area contributed by atoms with Crippen LogP contribution in [0.25, 0.3) is 0 Å². The highest BCUT2D eigenvalue weighted by atomic mass is 35.5. The second-order valence-corrected chi connectivity index (χ2v) is 3.39. The average molecular weight is 213 g/mol. The van der Waals surface area contributed by atoms with Gasteiger partial charge in [-0.25, -0.2) is 0 Å². The summed E-state index contributed by atoms with van der Waals surface area (Å²) in [6, 6.07) is -0.0699. The molecule has 0 N–H and O–H groups in total. The molecule has 0 rings (SSSR count). The van der Waals surface area contributed by atoms with Crippen LogP contribution >= 0.6 is 23.2 Å². The van der Waals surface area contributed by atoms with Crippen molar-refractivity contribution in [3.8, 4) is 0 Å². The first-order valence-corrected chi connectivity index (χ1v) is 5.03. The molecular weight excluding hydrogens is 199 g/mol. The minimum absolute atomic E-state index is 0.0699. The van der Waals surface area contributed by atoms with E-state index < -0.39 is 0 Å². The average Bonchev–Trinajstić information content (AvgIpc) is 2.02. The van der Waals surface area contributed by atoms with Gasteiger partial charge in [-0.1, -0.05) is 24.9 Å². The molecule has 0 aromatic carbocycles. The number of rotatable bonds is 6. The van der Waals surface area contributed by atoms with Gasteiger partial charge in [0.1, 0.15) is 0 Å². The molecule has 0 saturated heterocycles. The molecule has 0 aromatic heterocycles. The number of carbonyl (C=O) groups excluding carboxylic acids is 1. The Morgan fingerprint density at radius 2 is 2.17 bits per heavy atom. The van der Waals surface area contributed by atoms with Crippen LogP contribution in [0.4, 0.5) is 0 Å². The molecule has 0 fully saturated rings. The number of esters is 1. The summed E-state index contributed by atoms with van der Waals surface area (Å²) in [5.74, 6) is -0.272. The molecule has 2 nitrogen and oxygen atoms in total. The SMILES string of the molecule is CCCC(Cl)CCC(=O)OCCl. The molecule has 0 aromatic rings. The summed E-state index contributed by atoms with van der Waals surface area (Å²) in [7, 11) is 0. The van der Waals surface area contributed by atoms with Gasteiger partial charge in [0.05, 0.1) is 0 Å². The van der Waals surface area contributed by atoms with Crippen molar-refractivity contribution in [1.29, 1.82) is 0 Å². The second kappa shape index (κ2) is 7.69. The highest BCUT2D eigenvalue weighted by molar-refractivity contribution is 6.20. The van der Waals surface area contributed by atoms with Gasteiger partial charge in [-0.05, 0) is 12.8 Å². The zero-order valence-corrected chi connectivity index (χ0v) is 8.70. The Morgan fingerprint density at radius 3 is 2.67 bits per heavy atom. The first-order valence-electron chi connectivity index (χ1n) is 4.06. The van der Waals surface area contributed by atoms with Crippen LogP contribution < -0.4 is 0 Å². The fourth-order valence-electron chi connectivity index (χ4n) is 0.865. The molecule has 0 aliphatic rings. The summed E-state index contributed by atoms with van der Waals surface area (Å²) >= 11 is 11.1. The van der Waals surface area contributed by atoms with Crippen molar-refractivity contribution >= 4 is 29.2 Å². The topological polar surface area (TPSA) is 26.3 Å². The van der Waals surface area contributed by atoms with Gasteiger partial charge in [0.15, 0.2) is 6.07 Å². The second-order valence-electron chi connectivity index (χ2n) is 2.55. The summed E-state index contributed by atoms with van der Waals surface area (Å²) in [6.45, 7) is 2.06. The number of hydrogen-bond donors (Lipinski definition) is 0. The summed E-state index contributed by atoms with van der Waals surface area (Å²) in [5, 5.41) is 0.0814. The fourth-order valence-corrected chi connectivity index (χ4v) is 1.31. The van der Waals surface area contributed by atoms with Gasteiger partial charge < -0.3 is 4.74 Å². The molecule has 0 radical (unpaired) electrons. The fraction of sp³-hybridized carbons (Fsp3) is 0.875. The Morgan fingerprint density at radius 1 is 1.50 bits per heavy atom. The molecule has 0 aliphatic carbocycles. The van der Waals surface area contributed by atoms with Gasteiger partial charge in [0.2, 0.25) is 0 Å². The standard InChI is InChI=1S/C8H14Cl2O2/c1-2-3-7(10)4-5-8(11)12-6-9/h7H,2-6H2,1H3. The highest BCUT2D eigenvalue weighted by Gasteiger charge is 2.07.